The van der Waals surface area contributed by atoms with E-state index in [0.717, 1.165) is 11.7 Å². The van der Waals surface area contributed by atoms with Crippen molar-refractivity contribution in [1.82, 2.24) is 4.57 Å². The molecule has 0 radical (unpaired) electrons. The molecule has 0 aliphatic heterocycles. The van der Waals surface area contributed by atoms with Crippen LogP contribution in [0.25, 0.3) is 0 Å². The maximum atomic E-state index is 5.77. The second kappa shape index (κ2) is 2.88. The van der Waals surface area contributed by atoms with Crippen LogP contribution >= 0.6 is 11.6 Å². The van der Waals surface area contributed by atoms with Crippen LogP contribution in [0.15, 0.2) is 25.2 Å². The van der Waals surface area contributed by atoms with Gasteiger partial charge in [-0.15, -0.1) is 0 Å². The van der Waals surface area contributed by atoms with Crippen molar-refractivity contribution in [1.29, 1.82) is 0 Å². The molecule has 1 aromatic rings. The summed E-state index contributed by atoms with van der Waals surface area (Å²) in [4.78, 5) is 0. The lowest BCUT2D eigenvalue weighted by molar-refractivity contribution is -0.686. The predicted molar refractivity (Wildman–Crippen MR) is 40.8 cm³/mol. The van der Waals surface area contributed by atoms with Crippen LogP contribution in [0.5, 0.6) is 0 Å². The summed E-state index contributed by atoms with van der Waals surface area (Å²) in [6.45, 7) is 4.43. The molecule has 2 nitrogen and oxygen atoms in total. The van der Waals surface area contributed by atoms with E-state index >= 15 is 0 Å². The Morgan fingerprint density at radius 3 is 3.00 bits per heavy atom. The molecular formula is C7H10ClN2+. The van der Waals surface area contributed by atoms with Gasteiger partial charge in [0, 0.05) is 0 Å². The molecule has 0 aromatic carbocycles. The number of aryl methyl sites for hydroxylation is 1. The summed E-state index contributed by atoms with van der Waals surface area (Å²) in [6.07, 6.45) is 5.61. The summed E-state index contributed by atoms with van der Waals surface area (Å²) in [5.41, 5.74) is 0. The maximum Gasteiger partial charge on any atom is 0.245 e. The van der Waals surface area contributed by atoms with Crippen molar-refractivity contribution in [2.24, 2.45) is 7.05 Å². The smallest absolute Gasteiger partial charge is 0.232 e. The Bertz CT molecular complexity index is 220. The minimum absolute atomic E-state index is 0.738. The zero-order valence-electron chi connectivity index (χ0n) is 5.92. The van der Waals surface area contributed by atoms with Gasteiger partial charge in [-0.05, 0) is 11.6 Å². The standard InChI is InChI=1S/C7H10ClN2/c1-3-4-10-5-7(8)9(2)6-10/h3,5-6H,1,4H2,2H3/q+1. The molecule has 10 heavy (non-hydrogen) atoms. The maximum absolute atomic E-state index is 5.77. The van der Waals surface area contributed by atoms with Crippen LogP contribution in [0.2, 0.25) is 5.15 Å². The SMILES string of the molecule is C=CC[n+]1cc(Cl)n(C)c1. The summed E-state index contributed by atoms with van der Waals surface area (Å²) in [7, 11) is 1.90. The molecule has 0 amide bonds. The number of aromatic nitrogens is 2. The lowest BCUT2D eigenvalue weighted by atomic mass is 10.6. The van der Waals surface area contributed by atoms with Crippen LogP contribution in [-0.2, 0) is 13.6 Å². The first-order chi connectivity index (χ1) is 4.74. The van der Waals surface area contributed by atoms with E-state index in [2.05, 4.69) is 6.58 Å². The van der Waals surface area contributed by atoms with E-state index in [0.29, 0.717) is 0 Å². The number of imidazole rings is 1. The number of halogens is 1. The highest BCUT2D eigenvalue weighted by atomic mass is 35.5. The van der Waals surface area contributed by atoms with Gasteiger partial charge in [0.1, 0.15) is 12.7 Å². The van der Waals surface area contributed by atoms with E-state index in [1.54, 1.807) is 0 Å². The molecule has 54 valence electrons. The van der Waals surface area contributed by atoms with Crippen LogP contribution < -0.4 is 4.57 Å². The Morgan fingerprint density at radius 2 is 2.60 bits per heavy atom. The fourth-order valence-corrected chi connectivity index (χ4v) is 0.957. The topological polar surface area (TPSA) is 8.81 Å². The minimum Gasteiger partial charge on any atom is -0.232 e. The van der Waals surface area contributed by atoms with Gasteiger partial charge < -0.3 is 0 Å². The Morgan fingerprint density at radius 1 is 1.90 bits per heavy atom. The molecule has 0 atom stereocenters. The largest absolute Gasteiger partial charge is 0.245 e. The van der Waals surface area contributed by atoms with Crippen molar-refractivity contribution >= 4 is 11.6 Å². The number of hydrogen-bond acceptors (Lipinski definition) is 0. The molecule has 0 spiro atoms. The van der Waals surface area contributed by atoms with Crippen LogP contribution in [0.1, 0.15) is 0 Å². The van der Waals surface area contributed by atoms with E-state index in [9.17, 15) is 0 Å². The third kappa shape index (κ3) is 1.39. The normalized spacial score (nSPS) is 9.80. The van der Waals surface area contributed by atoms with Crippen molar-refractivity contribution in [3.05, 3.63) is 30.3 Å². The fraction of sp³-hybridized carbons (Fsp3) is 0.286. The zero-order valence-corrected chi connectivity index (χ0v) is 6.67. The molecule has 1 aromatic heterocycles. The summed E-state index contributed by atoms with van der Waals surface area (Å²) >= 11 is 5.77. The molecule has 0 unspecified atom stereocenters. The van der Waals surface area contributed by atoms with Gasteiger partial charge >= 0.3 is 0 Å². The first kappa shape index (κ1) is 7.35. The Kier molecular flexibility index (Phi) is 2.12. The lowest BCUT2D eigenvalue weighted by Crippen LogP contribution is -2.29. The van der Waals surface area contributed by atoms with Gasteiger partial charge in [0.15, 0.2) is 0 Å². The molecule has 1 heterocycles. The van der Waals surface area contributed by atoms with Gasteiger partial charge in [-0.2, -0.15) is 0 Å². The van der Waals surface area contributed by atoms with Gasteiger partial charge in [-0.25, -0.2) is 9.13 Å². The highest BCUT2D eigenvalue weighted by molar-refractivity contribution is 6.29. The monoisotopic (exact) mass is 157 g/mol. The second-order valence-corrected chi connectivity index (χ2v) is 2.55. The summed E-state index contributed by atoms with van der Waals surface area (Å²) in [5.74, 6) is 0. The van der Waals surface area contributed by atoms with Gasteiger partial charge in [0.25, 0.3) is 0 Å². The molecule has 0 aliphatic rings. The van der Waals surface area contributed by atoms with Crippen LogP contribution in [0.3, 0.4) is 0 Å². The Hall–Kier alpha value is -0.760. The third-order valence-corrected chi connectivity index (χ3v) is 1.63. The Labute approximate surface area is 65.4 Å². The van der Waals surface area contributed by atoms with Gasteiger partial charge in [0.2, 0.25) is 11.5 Å². The van der Waals surface area contributed by atoms with Crippen molar-refractivity contribution in [3.8, 4) is 0 Å². The van der Waals surface area contributed by atoms with E-state index in [-0.39, 0.29) is 0 Å². The third-order valence-electron chi connectivity index (χ3n) is 1.27. The quantitative estimate of drug-likeness (QED) is 0.450. The number of allylic oxidation sites excluding steroid dienone is 1. The van der Waals surface area contributed by atoms with Crippen molar-refractivity contribution < 1.29 is 4.57 Å². The van der Waals surface area contributed by atoms with Crippen LogP contribution in [0.4, 0.5) is 0 Å². The zero-order chi connectivity index (χ0) is 7.56. The molecule has 1 rings (SSSR count). The second-order valence-electron chi connectivity index (χ2n) is 2.16. The minimum atomic E-state index is 0.738. The first-order valence-electron chi connectivity index (χ1n) is 3.06. The molecule has 3 heteroatoms. The predicted octanol–water partition coefficient (Wildman–Crippen LogP) is 1.15. The Balaban J connectivity index is 2.86. The molecule has 0 fully saturated rings. The van der Waals surface area contributed by atoms with Gasteiger partial charge in [-0.3, -0.25) is 0 Å². The number of rotatable bonds is 2. The van der Waals surface area contributed by atoms with Crippen LogP contribution in [-0.4, -0.2) is 4.57 Å². The molecule has 0 saturated carbocycles. The highest BCUT2D eigenvalue weighted by Gasteiger charge is 2.04. The number of nitrogens with zero attached hydrogens (tertiary/aromatic N) is 2. The summed E-state index contributed by atoms with van der Waals surface area (Å²) in [5, 5.41) is 0.738. The molecule has 0 aliphatic carbocycles. The average molecular weight is 158 g/mol. The van der Waals surface area contributed by atoms with E-state index in [4.69, 9.17) is 11.6 Å². The summed E-state index contributed by atoms with van der Waals surface area (Å²) < 4.78 is 3.82. The summed E-state index contributed by atoms with van der Waals surface area (Å²) in [6, 6.07) is 0. The van der Waals surface area contributed by atoms with Gasteiger partial charge in [-0.1, -0.05) is 12.7 Å². The van der Waals surface area contributed by atoms with E-state index < -0.39 is 0 Å². The first-order valence-corrected chi connectivity index (χ1v) is 3.43. The van der Waals surface area contributed by atoms with E-state index in [1.807, 2.05) is 34.8 Å². The van der Waals surface area contributed by atoms with Crippen molar-refractivity contribution in [2.75, 3.05) is 0 Å². The fourth-order valence-electron chi connectivity index (χ4n) is 0.788. The molecule has 0 N–H and O–H groups in total. The number of hydrogen-bond donors (Lipinski definition) is 0. The molecule has 0 saturated heterocycles. The van der Waals surface area contributed by atoms with Crippen molar-refractivity contribution in [3.63, 3.8) is 0 Å². The lowest BCUT2D eigenvalue weighted by Gasteiger charge is -1.82. The van der Waals surface area contributed by atoms with Crippen LogP contribution in [0, 0.1) is 0 Å². The molecular weight excluding hydrogens is 148 g/mol. The molecule has 0 bridgehead atoms. The van der Waals surface area contributed by atoms with E-state index in [1.165, 1.54) is 0 Å². The van der Waals surface area contributed by atoms with Gasteiger partial charge in [0.05, 0.1) is 7.05 Å². The highest BCUT2D eigenvalue weighted by Crippen LogP contribution is 2.01. The average Bonchev–Trinajstić information content (AvgIpc) is 2.14. The van der Waals surface area contributed by atoms with Crippen molar-refractivity contribution in [2.45, 2.75) is 6.54 Å².